The normalized spacial score (nSPS) is 27.9. The Bertz CT molecular complexity index is 667. The zero-order chi connectivity index (χ0) is 15.2. The Labute approximate surface area is 130 Å². The third kappa shape index (κ3) is 2.37. The average Bonchev–Trinajstić information content (AvgIpc) is 3.22. The molecule has 2 aliphatic heterocycles. The van der Waals surface area contributed by atoms with Crippen molar-refractivity contribution in [2.75, 3.05) is 24.6 Å². The first-order valence-electron chi connectivity index (χ1n) is 7.81. The number of hydrogen-bond donors (Lipinski definition) is 0. The minimum absolute atomic E-state index is 0.0346. The SMILES string of the molecule is Cc1ccc(N2CCC3(CC(c4cnn(C)c4)CO3)C2)nn1. The van der Waals surface area contributed by atoms with E-state index < -0.39 is 0 Å². The first kappa shape index (κ1) is 13.7. The van der Waals surface area contributed by atoms with Gasteiger partial charge in [-0.1, -0.05) is 0 Å². The molecule has 2 fully saturated rings. The van der Waals surface area contributed by atoms with E-state index in [1.807, 2.05) is 30.9 Å². The van der Waals surface area contributed by atoms with Gasteiger partial charge in [-0.05, 0) is 37.5 Å². The summed E-state index contributed by atoms with van der Waals surface area (Å²) in [6.07, 6.45) is 6.18. The fourth-order valence-corrected chi connectivity index (χ4v) is 3.59. The molecule has 2 aromatic rings. The molecule has 0 radical (unpaired) electrons. The maximum absolute atomic E-state index is 6.23. The van der Waals surface area contributed by atoms with Gasteiger partial charge in [0, 0.05) is 32.3 Å². The fourth-order valence-electron chi connectivity index (χ4n) is 3.59. The molecule has 2 atom stereocenters. The molecule has 4 heterocycles. The molecule has 0 amide bonds. The predicted molar refractivity (Wildman–Crippen MR) is 82.8 cm³/mol. The van der Waals surface area contributed by atoms with E-state index in [-0.39, 0.29) is 5.60 Å². The lowest BCUT2D eigenvalue weighted by Crippen LogP contribution is -2.33. The lowest BCUT2D eigenvalue weighted by Gasteiger charge is -2.23. The molecule has 0 bridgehead atoms. The van der Waals surface area contributed by atoms with E-state index in [9.17, 15) is 0 Å². The van der Waals surface area contributed by atoms with Crippen LogP contribution in [0, 0.1) is 6.92 Å². The van der Waals surface area contributed by atoms with Gasteiger partial charge in [0.15, 0.2) is 5.82 Å². The van der Waals surface area contributed by atoms with Crippen LogP contribution in [-0.4, -0.2) is 45.3 Å². The summed E-state index contributed by atoms with van der Waals surface area (Å²) in [6.45, 7) is 4.64. The molecule has 116 valence electrons. The van der Waals surface area contributed by atoms with E-state index in [0.29, 0.717) is 5.92 Å². The van der Waals surface area contributed by atoms with Crippen LogP contribution in [0.2, 0.25) is 0 Å². The van der Waals surface area contributed by atoms with Crippen molar-refractivity contribution in [1.29, 1.82) is 0 Å². The maximum atomic E-state index is 6.23. The molecule has 22 heavy (non-hydrogen) atoms. The van der Waals surface area contributed by atoms with Gasteiger partial charge in [0.25, 0.3) is 0 Å². The lowest BCUT2D eigenvalue weighted by molar-refractivity contribution is 0.0226. The molecule has 0 aromatic carbocycles. The number of ether oxygens (including phenoxy) is 1. The highest BCUT2D eigenvalue weighted by atomic mass is 16.5. The van der Waals surface area contributed by atoms with Gasteiger partial charge < -0.3 is 9.64 Å². The Balaban J connectivity index is 1.47. The van der Waals surface area contributed by atoms with Gasteiger partial charge in [-0.15, -0.1) is 5.10 Å². The van der Waals surface area contributed by atoms with E-state index in [0.717, 1.165) is 44.0 Å². The molecular formula is C16H21N5O. The summed E-state index contributed by atoms with van der Waals surface area (Å²) >= 11 is 0. The molecule has 0 saturated carbocycles. The standard InChI is InChI=1S/C16H21N5O/c1-12-3-4-15(19-18-12)21-6-5-16(11-21)7-13(10-22-16)14-8-17-20(2)9-14/h3-4,8-9,13H,5-7,10-11H2,1-2H3. The monoisotopic (exact) mass is 299 g/mol. The van der Waals surface area contributed by atoms with Crippen LogP contribution < -0.4 is 4.90 Å². The van der Waals surface area contributed by atoms with Gasteiger partial charge in [-0.3, -0.25) is 4.68 Å². The number of aryl methyl sites for hydroxylation is 2. The summed E-state index contributed by atoms with van der Waals surface area (Å²) in [7, 11) is 1.96. The number of hydrogen-bond acceptors (Lipinski definition) is 5. The zero-order valence-electron chi connectivity index (χ0n) is 13.1. The summed E-state index contributed by atoms with van der Waals surface area (Å²) in [5, 5.41) is 12.7. The first-order valence-corrected chi connectivity index (χ1v) is 7.81. The van der Waals surface area contributed by atoms with Crippen LogP contribution in [0.4, 0.5) is 5.82 Å². The highest BCUT2D eigenvalue weighted by Gasteiger charge is 2.46. The van der Waals surface area contributed by atoms with Gasteiger partial charge >= 0.3 is 0 Å². The average molecular weight is 299 g/mol. The third-order valence-electron chi connectivity index (χ3n) is 4.83. The summed E-state index contributed by atoms with van der Waals surface area (Å²) < 4.78 is 8.09. The van der Waals surface area contributed by atoms with E-state index >= 15 is 0 Å². The second-order valence-electron chi connectivity index (χ2n) is 6.55. The molecule has 0 aliphatic carbocycles. The summed E-state index contributed by atoms with van der Waals surface area (Å²) in [5.74, 6) is 1.41. The van der Waals surface area contributed by atoms with Crippen molar-refractivity contribution in [2.45, 2.75) is 31.3 Å². The molecule has 2 unspecified atom stereocenters. The van der Waals surface area contributed by atoms with E-state index in [2.05, 4.69) is 32.5 Å². The number of aromatic nitrogens is 4. The number of rotatable bonds is 2. The largest absolute Gasteiger partial charge is 0.372 e. The van der Waals surface area contributed by atoms with Crippen LogP contribution in [-0.2, 0) is 11.8 Å². The molecule has 2 aromatic heterocycles. The fraction of sp³-hybridized carbons (Fsp3) is 0.562. The highest BCUT2D eigenvalue weighted by molar-refractivity contribution is 5.40. The lowest BCUT2D eigenvalue weighted by atomic mass is 9.90. The van der Waals surface area contributed by atoms with Gasteiger partial charge in [-0.25, -0.2) is 0 Å². The molecule has 1 spiro atoms. The summed E-state index contributed by atoms with van der Waals surface area (Å²) in [6, 6.07) is 4.07. The Morgan fingerprint density at radius 2 is 2.23 bits per heavy atom. The van der Waals surface area contributed by atoms with Crippen molar-refractivity contribution in [3.05, 3.63) is 35.8 Å². The third-order valence-corrected chi connectivity index (χ3v) is 4.83. The second-order valence-corrected chi connectivity index (χ2v) is 6.55. The van der Waals surface area contributed by atoms with Crippen LogP contribution in [0.1, 0.15) is 30.0 Å². The Kier molecular flexibility index (Phi) is 3.14. The molecular weight excluding hydrogens is 278 g/mol. The van der Waals surface area contributed by atoms with Crippen molar-refractivity contribution in [1.82, 2.24) is 20.0 Å². The Hall–Kier alpha value is -1.95. The molecule has 6 heteroatoms. The van der Waals surface area contributed by atoms with Gasteiger partial charge in [0.05, 0.1) is 24.1 Å². The van der Waals surface area contributed by atoms with E-state index in [1.165, 1.54) is 5.56 Å². The van der Waals surface area contributed by atoms with Gasteiger partial charge in [-0.2, -0.15) is 10.2 Å². The van der Waals surface area contributed by atoms with Crippen molar-refractivity contribution in [3.63, 3.8) is 0 Å². The molecule has 2 aliphatic rings. The van der Waals surface area contributed by atoms with Crippen molar-refractivity contribution in [3.8, 4) is 0 Å². The topological polar surface area (TPSA) is 56.1 Å². The second kappa shape index (κ2) is 5.05. The van der Waals surface area contributed by atoms with Crippen LogP contribution in [0.25, 0.3) is 0 Å². The highest BCUT2D eigenvalue weighted by Crippen LogP contribution is 2.42. The molecule has 6 nitrogen and oxygen atoms in total. The zero-order valence-corrected chi connectivity index (χ0v) is 13.1. The van der Waals surface area contributed by atoms with Crippen molar-refractivity contribution < 1.29 is 4.74 Å². The van der Waals surface area contributed by atoms with Crippen LogP contribution >= 0.6 is 0 Å². The summed E-state index contributed by atoms with van der Waals surface area (Å²) in [5.41, 5.74) is 2.20. The van der Waals surface area contributed by atoms with Crippen LogP contribution in [0.5, 0.6) is 0 Å². The van der Waals surface area contributed by atoms with Crippen molar-refractivity contribution >= 4 is 5.82 Å². The maximum Gasteiger partial charge on any atom is 0.151 e. The number of anilines is 1. The summed E-state index contributed by atoms with van der Waals surface area (Å²) in [4.78, 5) is 2.29. The minimum Gasteiger partial charge on any atom is -0.372 e. The number of nitrogens with zero attached hydrogens (tertiary/aromatic N) is 5. The van der Waals surface area contributed by atoms with Gasteiger partial charge in [0.1, 0.15) is 0 Å². The molecule has 4 rings (SSSR count). The Morgan fingerprint density at radius 1 is 1.32 bits per heavy atom. The first-order chi connectivity index (χ1) is 10.6. The van der Waals surface area contributed by atoms with E-state index in [4.69, 9.17) is 4.74 Å². The Morgan fingerprint density at radius 3 is 2.95 bits per heavy atom. The molecule has 0 N–H and O–H groups in total. The van der Waals surface area contributed by atoms with Crippen molar-refractivity contribution in [2.24, 2.45) is 7.05 Å². The predicted octanol–water partition coefficient (Wildman–Crippen LogP) is 1.67. The van der Waals surface area contributed by atoms with Crippen LogP contribution in [0.15, 0.2) is 24.5 Å². The smallest absolute Gasteiger partial charge is 0.151 e. The quantitative estimate of drug-likeness (QED) is 0.844. The van der Waals surface area contributed by atoms with Gasteiger partial charge in [0.2, 0.25) is 0 Å². The van der Waals surface area contributed by atoms with Crippen LogP contribution in [0.3, 0.4) is 0 Å². The minimum atomic E-state index is -0.0346. The van der Waals surface area contributed by atoms with E-state index in [1.54, 1.807) is 0 Å². The molecule has 2 saturated heterocycles.